The van der Waals surface area contributed by atoms with E-state index in [0.717, 1.165) is 10.5 Å². The monoisotopic (exact) mass is 1100 g/mol. The van der Waals surface area contributed by atoms with Crippen LogP contribution in [-0.4, -0.2) is 178 Å². The van der Waals surface area contributed by atoms with Crippen LogP contribution in [0, 0.1) is 29.6 Å². The molecule has 79 heavy (non-hydrogen) atoms. The molecule has 19 nitrogen and oxygen atoms in total. The number of rotatable bonds is 13. The highest BCUT2D eigenvalue weighted by Crippen LogP contribution is 2.27. The van der Waals surface area contributed by atoms with Crippen LogP contribution >= 0.6 is 0 Å². The summed E-state index contributed by atoms with van der Waals surface area (Å²) in [6.07, 6.45) is 0.101. The number of cyclic esters (lactones) is 1. The van der Waals surface area contributed by atoms with Crippen LogP contribution in [0.4, 0.5) is 0 Å². The fourth-order valence-electron chi connectivity index (χ4n) is 11.0. The number of nitrogens with zero attached hydrogens (tertiary/aromatic N) is 5. The Kier molecular flexibility index (Phi) is 23.6. The van der Waals surface area contributed by atoms with Gasteiger partial charge in [0.15, 0.2) is 12.1 Å². The van der Waals surface area contributed by atoms with Gasteiger partial charge in [-0.1, -0.05) is 136 Å². The lowest BCUT2D eigenvalue weighted by atomic mass is 9.93. The van der Waals surface area contributed by atoms with E-state index in [1.807, 2.05) is 57.2 Å². The van der Waals surface area contributed by atoms with Gasteiger partial charge in [-0.3, -0.25) is 38.4 Å². The number of fused-ring (bicyclic) bond motifs is 1. The van der Waals surface area contributed by atoms with Gasteiger partial charge < -0.3 is 50.3 Å². The van der Waals surface area contributed by atoms with Gasteiger partial charge in [-0.25, -0.2) is 4.79 Å². The van der Waals surface area contributed by atoms with E-state index in [-0.39, 0.29) is 38.1 Å². The Morgan fingerprint density at radius 2 is 1.06 bits per heavy atom. The first kappa shape index (κ1) is 65.2. The molecule has 4 N–H and O–H groups in total. The number of ether oxygens (including phenoxy) is 1. The lowest BCUT2D eigenvalue weighted by molar-refractivity contribution is -0.177. The number of aliphatic hydroxyl groups is 1. The minimum Gasteiger partial charge on any atom is -0.450 e. The Balaban J connectivity index is 1.98. The highest BCUT2D eigenvalue weighted by Gasteiger charge is 2.48. The van der Waals surface area contributed by atoms with Crippen LogP contribution in [0.5, 0.6) is 0 Å². The molecule has 0 aromatic heterocycles. The summed E-state index contributed by atoms with van der Waals surface area (Å²) in [4.78, 5) is 140. The maximum atomic E-state index is 15.3. The number of likely N-dealkylation sites (N-methyl/N-ethyl adjacent to an activating group) is 4. The topological polar surface area (TPSA) is 235 Å². The molecule has 0 spiro atoms. The number of carbonyl (C=O) groups excluding carboxylic acids is 9. The smallest absolute Gasteiger partial charge is 0.332 e. The molecule has 0 unspecified atom stereocenters. The van der Waals surface area contributed by atoms with E-state index in [0.29, 0.717) is 24.8 Å². The Morgan fingerprint density at radius 1 is 0.582 bits per heavy atom. The van der Waals surface area contributed by atoms with E-state index in [4.69, 9.17) is 4.74 Å². The summed E-state index contributed by atoms with van der Waals surface area (Å²) in [5, 5.41) is 20.5. The van der Waals surface area contributed by atoms with Crippen molar-refractivity contribution in [1.29, 1.82) is 0 Å². The predicted molar refractivity (Wildman–Crippen MR) is 301 cm³/mol. The van der Waals surface area contributed by atoms with E-state index in [2.05, 4.69) is 16.0 Å². The van der Waals surface area contributed by atoms with Crippen LogP contribution in [0.25, 0.3) is 0 Å². The molecule has 2 aromatic rings. The molecule has 8 amide bonds. The average Bonchev–Trinajstić information content (AvgIpc) is 3.93. The number of amides is 8. The maximum Gasteiger partial charge on any atom is 0.332 e. The van der Waals surface area contributed by atoms with Crippen LogP contribution in [0.15, 0.2) is 60.7 Å². The van der Waals surface area contributed by atoms with Gasteiger partial charge in [-0.2, -0.15) is 0 Å². The third kappa shape index (κ3) is 16.4. The minimum absolute atomic E-state index is 0.00676. The minimum atomic E-state index is -1.97. The Bertz CT molecular complexity index is 2430. The van der Waals surface area contributed by atoms with Crippen molar-refractivity contribution < 1.29 is 53.0 Å². The highest BCUT2D eigenvalue weighted by molar-refractivity contribution is 5.99. The van der Waals surface area contributed by atoms with Gasteiger partial charge in [0.2, 0.25) is 41.4 Å². The van der Waals surface area contributed by atoms with Crippen molar-refractivity contribution in [3.63, 3.8) is 0 Å². The fraction of sp³-hybridized carbons (Fsp3) is 0.650. The predicted octanol–water partition coefficient (Wildman–Crippen LogP) is 4.37. The summed E-state index contributed by atoms with van der Waals surface area (Å²) in [6.45, 7) is 20.6. The molecular formula is C60H92N8O11. The molecule has 2 aromatic carbocycles. The third-order valence-corrected chi connectivity index (χ3v) is 15.8. The number of hydrogen-bond acceptors (Lipinski definition) is 11. The molecule has 438 valence electrons. The zero-order valence-electron chi connectivity index (χ0n) is 49.8. The summed E-state index contributed by atoms with van der Waals surface area (Å²) < 4.78 is 6.09. The van der Waals surface area contributed by atoms with E-state index in [1.54, 1.807) is 72.7 Å². The van der Waals surface area contributed by atoms with Crippen LogP contribution in [-0.2, 0) is 60.7 Å². The number of hydrogen-bond donors (Lipinski definition) is 4. The first-order valence-corrected chi connectivity index (χ1v) is 28.3. The van der Waals surface area contributed by atoms with Crippen LogP contribution in [0.2, 0.25) is 0 Å². The second-order valence-electron chi connectivity index (χ2n) is 23.7. The van der Waals surface area contributed by atoms with Crippen molar-refractivity contribution in [1.82, 2.24) is 40.4 Å². The van der Waals surface area contributed by atoms with Crippen LogP contribution in [0.3, 0.4) is 0 Å². The zero-order chi connectivity index (χ0) is 59.4. The second-order valence-corrected chi connectivity index (χ2v) is 23.7. The number of nitrogens with one attached hydrogen (secondary N) is 3. The summed E-state index contributed by atoms with van der Waals surface area (Å²) >= 11 is 0. The molecule has 2 aliphatic rings. The first-order valence-electron chi connectivity index (χ1n) is 28.3. The van der Waals surface area contributed by atoms with Gasteiger partial charge in [-0.05, 0) is 74.3 Å². The normalized spacial score (nSPS) is 26.5. The van der Waals surface area contributed by atoms with E-state index in [9.17, 15) is 38.7 Å². The zero-order valence-corrected chi connectivity index (χ0v) is 49.8. The standard InChI is InChI=1S/C60H92N8O11/c1-17-38(9)46-57(75)65(14)47(36(5)6)52(70)61-42(32-35(3)4)55(73)67(16)50(60(11,12)78)59(77)79-49(39(10)18-2)58(76)66(15)48(37(7)8)53(71)62-43(33-40-26-21-19-22-27-40)54(72)64(13)45(34-41-28-23-20-24-29-41)56(74)68-31-25-30-44(68)51(69)63-46/h19-24,26-29,35-39,42-50,78H,17-18,25,30-34H2,1-16H3,(H,61,70)(H,62,71)(H,63,69)/t38-,39+,42-,43-,44-,45-,46-,47-,48-,49-,50+/m0/s1. The van der Waals surface area contributed by atoms with Crippen LogP contribution in [0.1, 0.15) is 126 Å². The van der Waals surface area contributed by atoms with Crippen molar-refractivity contribution in [2.24, 2.45) is 29.6 Å². The molecule has 2 heterocycles. The van der Waals surface area contributed by atoms with Gasteiger partial charge in [-0.15, -0.1) is 0 Å². The van der Waals surface area contributed by atoms with Crippen molar-refractivity contribution in [3.8, 4) is 0 Å². The molecule has 19 heteroatoms. The summed E-state index contributed by atoms with van der Waals surface area (Å²) in [7, 11) is 5.67. The summed E-state index contributed by atoms with van der Waals surface area (Å²) in [5.74, 6) is -8.65. The quantitative estimate of drug-likeness (QED) is 0.206. The molecule has 2 saturated heterocycles. The van der Waals surface area contributed by atoms with E-state index >= 15 is 9.59 Å². The molecular weight excluding hydrogens is 1010 g/mol. The van der Waals surface area contributed by atoms with Crippen molar-refractivity contribution in [2.75, 3.05) is 34.7 Å². The summed E-state index contributed by atoms with van der Waals surface area (Å²) in [5.41, 5.74) is -0.551. The molecule has 0 bridgehead atoms. The SMILES string of the molecule is CC[C@@H](C)[C@@H]1OC(=O)[C@H](C(C)(C)O)N(C)C(=O)[C@H](CC(C)C)NC(=O)[C@H](C(C)C)N(C)C(=O)[C@H]([C@@H](C)CC)NC(=O)[C@@H]2CCCN2C(=O)[C@H](Cc2ccccc2)N(C)C(=O)[C@H](Cc2ccccc2)NC(=O)[C@H](C(C)C)N(C)C1=O. The number of benzene rings is 2. The Labute approximate surface area is 469 Å². The summed E-state index contributed by atoms with van der Waals surface area (Å²) in [6, 6.07) is 8.11. The van der Waals surface area contributed by atoms with Gasteiger partial charge in [0.25, 0.3) is 5.91 Å². The molecule has 11 atom stereocenters. The molecule has 0 aliphatic carbocycles. The second kappa shape index (κ2) is 28.7. The molecule has 0 radical (unpaired) electrons. The van der Waals surface area contributed by atoms with Gasteiger partial charge >= 0.3 is 5.97 Å². The third-order valence-electron chi connectivity index (χ3n) is 15.8. The van der Waals surface area contributed by atoms with E-state index in [1.165, 1.54) is 61.6 Å². The molecule has 2 fully saturated rings. The Hall–Kier alpha value is -6.37. The van der Waals surface area contributed by atoms with E-state index < -0.39 is 137 Å². The lowest BCUT2D eigenvalue weighted by Crippen LogP contribution is -2.63. The van der Waals surface area contributed by atoms with Gasteiger partial charge in [0, 0.05) is 53.5 Å². The van der Waals surface area contributed by atoms with Crippen molar-refractivity contribution >= 4 is 53.2 Å². The van der Waals surface area contributed by atoms with Gasteiger partial charge in [0.05, 0.1) is 5.60 Å². The first-order chi connectivity index (χ1) is 37.0. The highest BCUT2D eigenvalue weighted by atomic mass is 16.6. The van der Waals surface area contributed by atoms with Crippen LogP contribution < -0.4 is 16.0 Å². The molecule has 4 rings (SSSR count). The lowest BCUT2D eigenvalue weighted by Gasteiger charge is -2.39. The number of esters is 1. The maximum absolute atomic E-state index is 15.3. The molecule has 2 aliphatic heterocycles. The fourth-order valence-corrected chi connectivity index (χ4v) is 11.0. The average molecular weight is 1100 g/mol. The van der Waals surface area contributed by atoms with Crippen molar-refractivity contribution in [3.05, 3.63) is 71.8 Å². The van der Waals surface area contributed by atoms with Gasteiger partial charge in [0.1, 0.15) is 42.3 Å². The van der Waals surface area contributed by atoms with Crippen molar-refractivity contribution in [2.45, 2.75) is 188 Å². The Morgan fingerprint density at radius 3 is 1.54 bits per heavy atom. The molecule has 0 saturated carbocycles. The largest absolute Gasteiger partial charge is 0.450 e. The number of carbonyl (C=O) groups is 9.